The zero-order chi connectivity index (χ0) is 18.6. The van der Waals surface area contributed by atoms with Crippen LogP contribution >= 0.6 is 36.2 Å². The number of thiazole rings is 1. The second-order valence-corrected chi connectivity index (χ2v) is 8.93. The van der Waals surface area contributed by atoms with Crippen molar-refractivity contribution in [2.45, 2.75) is 64.3 Å². The Morgan fingerprint density at radius 1 is 1.29 bits per heavy atom. The number of anilines is 1. The lowest BCUT2D eigenvalue weighted by Gasteiger charge is -2.38. The number of halogens is 2. The van der Waals surface area contributed by atoms with E-state index in [9.17, 15) is 9.59 Å². The third-order valence-electron chi connectivity index (χ3n) is 5.97. The largest absolute Gasteiger partial charge is 0.340 e. The molecule has 1 saturated heterocycles. The molecule has 2 unspecified atom stereocenters. The minimum absolute atomic E-state index is 0. The van der Waals surface area contributed by atoms with Crippen LogP contribution in [-0.4, -0.2) is 40.8 Å². The number of carbonyl (C=O) groups is 2. The lowest BCUT2D eigenvalue weighted by molar-refractivity contribution is -0.135. The quantitative estimate of drug-likeness (QED) is 0.688. The van der Waals surface area contributed by atoms with Crippen LogP contribution in [0.4, 0.5) is 5.13 Å². The van der Waals surface area contributed by atoms with Gasteiger partial charge in [0.15, 0.2) is 5.13 Å². The summed E-state index contributed by atoms with van der Waals surface area (Å²) < 4.78 is 0. The standard InChI is InChI=1S/C19H30N4O2S.2ClH/c1-14-9-15(12-20)13-23(14)17(25)11-19(5-3-2-4-6-19)10-16(24)22-18-21-7-8-26-18;;/h7-8,14-15H,2-6,9-13,20H2,1H3,(H,21,22,24);2*1H. The molecule has 0 bridgehead atoms. The molecule has 1 aromatic heterocycles. The van der Waals surface area contributed by atoms with E-state index in [1.54, 1.807) is 6.20 Å². The fourth-order valence-electron chi connectivity index (χ4n) is 4.59. The van der Waals surface area contributed by atoms with E-state index in [0.29, 0.717) is 30.4 Å². The van der Waals surface area contributed by atoms with E-state index in [1.807, 2.05) is 10.3 Å². The third kappa shape index (κ3) is 6.31. The lowest BCUT2D eigenvalue weighted by atomic mass is 9.69. The first kappa shape index (κ1) is 25.1. The number of hydrogen-bond donors (Lipinski definition) is 2. The maximum atomic E-state index is 13.0. The average Bonchev–Trinajstić information content (AvgIpc) is 3.24. The molecular formula is C19H32Cl2N4O2S. The predicted molar refractivity (Wildman–Crippen MR) is 118 cm³/mol. The molecule has 2 amide bonds. The van der Waals surface area contributed by atoms with Gasteiger partial charge in [0.05, 0.1) is 0 Å². The smallest absolute Gasteiger partial charge is 0.226 e. The summed E-state index contributed by atoms with van der Waals surface area (Å²) in [5, 5.41) is 5.36. The van der Waals surface area contributed by atoms with Crippen LogP contribution in [0.1, 0.15) is 58.3 Å². The molecule has 1 aromatic rings. The van der Waals surface area contributed by atoms with E-state index < -0.39 is 0 Å². The molecule has 9 heteroatoms. The van der Waals surface area contributed by atoms with Crippen LogP contribution < -0.4 is 11.1 Å². The summed E-state index contributed by atoms with van der Waals surface area (Å²) in [5.74, 6) is 0.575. The van der Waals surface area contributed by atoms with Gasteiger partial charge in [-0.3, -0.25) is 9.59 Å². The van der Waals surface area contributed by atoms with Gasteiger partial charge in [-0.2, -0.15) is 0 Å². The van der Waals surface area contributed by atoms with E-state index in [4.69, 9.17) is 5.73 Å². The summed E-state index contributed by atoms with van der Waals surface area (Å²) in [6.45, 7) is 3.50. The molecule has 2 heterocycles. The fourth-order valence-corrected chi connectivity index (χ4v) is 5.14. The van der Waals surface area contributed by atoms with Crippen molar-refractivity contribution < 1.29 is 9.59 Å². The number of nitrogens with one attached hydrogen (secondary N) is 1. The summed E-state index contributed by atoms with van der Waals surface area (Å²) in [7, 11) is 0. The highest BCUT2D eigenvalue weighted by molar-refractivity contribution is 7.13. The molecule has 3 N–H and O–H groups in total. The van der Waals surface area contributed by atoms with Crippen molar-refractivity contribution in [1.29, 1.82) is 0 Å². The molecule has 2 atom stereocenters. The van der Waals surface area contributed by atoms with Gasteiger partial charge in [-0.25, -0.2) is 4.98 Å². The van der Waals surface area contributed by atoms with Crippen LogP contribution in [-0.2, 0) is 9.59 Å². The summed E-state index contributed by atoms with van der Waals surface area (Å²) in [6.07, 6.45) is 8.83. The van der Waals surface area contributed by atoms with E-state index in [0.717, 1.165) is 38.6 Å². The molecule has 6 nitrogen and oxygen atoms in total. The van der Waals surface area contributed by atoms with Gasteiger partial charge in [0.1, 0.15) is 0 Å². The molecule has 28 heavy (non-hydrogen) atoms. The van der Waals surface area contributed by atoms with Gasteiger partial charge in [0.2, 0.25) is 11.8 Å². The first-order valence-electron chi connectivity index (χ1n) is 9.70. The Bertz CT molecular complexity index is 623. The van der Waals surface area contributed by atoms with Crippen molar-refractivity contribution in [3.63, 3.8) is 0 Å². The highest BCUT2D eigenvalue weighted by atomic mass is 35.5. The minimum atomic E-state index is -0.211. The summed E-state index contributed by atoms with van der Waals surface area (Å²) >= 11 is 1.42. The van der Waals surface area contributed by atoms with Crippen molar-refractivity contribution in [3.05, 3.63) is 11.6 Å². The predicted octanol–water partition coefficient (Wildman–Crippen LogP) is 3.85. The molecule has 160 valence electrons. The van der Waals surface area contributed by atoms with Crippen molar-refractivity contribution in [3.8, 4) is 0 Å². The SMILES string of the molecule is CC1CC(CN)CN1C(=O)CC1(CC(=O)Nc2nccs2)CCCCC1.Cl.Cl. The van der Waals surface area contributed by atoms with E-state index >= 15 is 0 Å². The molecule has 0 aromatic carbocycles. The van der Waals surface area contributed by atoms with Crippen LogP contribution in [0.3, 0.4) is 0 Å². The second kappa shape index (κ2) is 11.3. The summed E-state index contributed by atoms with van der Waals surface area (Å²) in [6, 6.07) is 0.251. The van der Waals surface area contributed by atoms with Crippen molar-refractivity contribution in [2.75, 3.05) is 18.4 Å². The summed E-state index contributed by atoms with van der Waals surface area (Å²) in [5.41, 5.74) is 5.59. The molecule has 0 spiro atoms. The molecular weight excluding hydrogens is 419 g/mol. The number of amides is 2. The Labute approximate surface area is 183 Å². The van der Waals surface area contributed by atoms with Gasteiger partial charge in [-0.1, -0.05) is 19.3 Å². The molecule has 1 aliphatic heterocycles. The average molecular weight is 451 g/mol. The van der Waals surface area contributed by atoms with Crippen LogP contribution in [0.25, 0.3) is 0 Å². The number of likely N-dealkylation sites (tertiary alicyclic amines) is 1. The van der Waals surface area contributed by atoms with Gasteiger partial charge in [-0.15, -0.1) is 36.2 Å². The topological polar surface area (TPSA) is 88.3 Å². The van der Waals surface area contributed by atoms with Crippen LogP contribution in [0.5, 0.6) is 0 Å². The van der Waals surface area contributed by atoms with E-state index in [1.165, 1.54) is 17.8 Å². The Hall–Kier alpha value is -0.890. The normalized spacial score (nSPS) is 23.4. The number of nitrogens with zero attached hydrogens (tertiary/aromatic N) is 2. The number of nitrogens with two attached hydrogens (primary N) is 1. The molecule has 1 aliphatic carbocycles. The lowest BCUT2D eigenvalue weighted by Crippen LogP contribution is -2.40. The number of aromatic nitrogens is 1. The first-order valence-corrected chi connectivity index (χ1v) is 10.6. The highest BCUT2D eigenvalue weighted by Gasteiger charge is 2.40. The van der Waals surface area contributed by atoms with Gasteiger partial charge >= 0.3 is 0 Å². The number of carbonyl (C=O) groups excluding carboxylic acids is 2. The van der Waals surface area contributed by atoms with Crippen molar-refractivity contribution in [2.24, 2.45) is 17.1 Å². The zero-order valence-corrected chi connectivity index (χ0v) is 18.8. The maximum Gasteiger partial charge on any atom is 0.226 e. The number of hydrogen-bond acceptors (Lipinski definition) is 5. The van der Waals surface area contributed by atoms with E-state index in [2.05, 4.69) is 17.2 Å². The Morgan fingerprint density at radius 3 is 2.57 bits per heavy atom. The first-order chi connectivity index (χ1) is 12.5. The summed E-state index contributed by atoms with van der Waals surface area (Å²) in [4.78, 5) is 31.7. The third-order valence-corrected chi connectivity index (χ3v) is 6.66. The van der Waals surface area contributed by atoms with Crippen LogP contribution in [0.2, 0.25) is 0 Å². The van der Waals surface area contributed by atoms with Crippen molar-refractivity contribution in [1.82, 2.24) is 9.88 Å². The molecule has 2 aliphatic rings. The molecule has 1 saturated carbocycles. The molecule has 2 fully saturated rings. The maximum absolute atomic E-state index is 13.0. The van der Waals surface area contributed by atoms with E-state index in [-0.39, 0.29) is 48.1 Å². The van der Waals surface area contributed by atoms with Crippen molar-refractivity contribution >= 4 is 53.1 Å². The zero-order valence-electron chi connectivity index (χ0n) is 16.4. The van der Waals surface area contributed by atoms with Gasteiger partial charge in [0.25, 0.3) is 0 Å². The van der Waals surface area contributed by atoms with Crippen LogP contribution in [0.15, 0.2) is 11.6 Å². The van der Waals surface area contributed by atoms with Gasteiger partial charge in [-0.05, 0) is 44.1 Å². The Morgan fingerprint density at radius 2 is 2.00 bits per heavy atom. The highest BCUT2D eigenvalue weighted by Crippen LogP contribution is 2.43. The van der Waals surface area contributed by atoms with Crippen LogP contribution in [0, 0.1) is 11.3 Å². The monoisotopic (exact) mass is 450 g/mol. The number of rotatable bonds is 6. The fraction of sp³-hybridized carbons (Fsp3) is 0.737. The molecule has 3 rings (SSSR count). The Balaban J connectivity index is 0.00000196. The Kier molecular flexibility index (Phi) is 10.2. The second-order valence-electron chi connectivity index (χ2n) is 8.03. The minimum Gasteiger partial charge on any atom is -0.340 e. The molecule has 0 radical (unpaired) electrons. The van der Waals surface area contributed by atoms with Gasteiger partial charge < -0.3 is 16.0 Å². The van der Waals surface area contributed by atoms with Gasteiger partial charge in [0, 0.05) is 37.0 Å².